The van der Waals surface area contributed by atoms with E-state index >= 15 is 0 Å². The Kier molecular flexibility index (Phi) is 6.07. The molecule has 0 fully saturated rings. The number of benzene rings is 2. The van der Waals surface area contributed by atoms with Crippen molar-refractivity contribution in [2.75, 3.05) is 0 Å². The number of para-hydroxylation sites is 1. The molecule has 0 aliphatic carbocycles. The van der Waals surface area contributed by atoms with Gasteiger partial charge in [-0.25, -0.2) is 0 Å². The molecule has 0 radical (unpaired) electrons. The van der Waals surface area contributed by atoms with Gasteiger partial charge in [0.1, 0.15) is 0 Å². The number of aryl methyl sites for hydroxylation is 1. The van der Waals surface area contributed by atoms with Crippen LogP contribution in [0.2, 0.25) is 10.0 Å². The summed E-state index contributed by atoms with van der Waals surface area (Å²) in [6, 6.07) is 15.7. The smallest absolute Gasteiger partial charge is 0.0609 e. The van der Waals surface area contributed by atoms with Gasteiger partial charge in [0.15, 0.2) is 0 Å². The summed E-state index contributed by atoms with van der Waals surface area (Å²) in [6.07, 6.45) is 1.82. The molecule has 0 aliphatic heterocycles. The molecule has 0 aliphatic rings. The van der Waals surface area contributed by atoms with Gasteiger partial charge < -0.3 is 9.99 Å². The average Bonchev–Trinajstić information content (AvgIpc) is 2.88. The van der Waals surface area contributed by atoms with Crippen LogP contribution in [0.5, 0.6) is 0 Å². The first-order valence-corrected chi connectivity index (χ1v) is 9.66. The molecule has 0 bridgehead atoms. The molecule has 3 aromatic rings. The van der Waals surface area contributed by atoms with E-state index in [1.54, 1.807) is 0 Å². The van der Waals surface area contributed by atoms with E-state index in [0.29, 0.717) is 16.6 Å². The van der Waals surface area contributed by atoms with Crippen LogP contribution < -0.4 is 5.43 Å². The highest BCUT2D eigenvalue weighted by Gasteiger charge is 2.11. The van der Waals surface area contributed by atoms with Gasteiger partial charge in [-0.1, -0.05) is 41.4 Å². The van der Waals surface area contributed by atoms with E-state index in [0.717, 1.165) is 32.7 Å². The van der Waals surface area contributed by atoms with Crippen molar-refractivity contribution < 1.29 is 0 Å². The predicted molar refractivity (Wildman–Crippen MR) is 114 cm³/mol. The maximum atomic E-state index is 6.17. The zero-order valence-electron chi connectivity index (χ0n) is 14.4. The van der Waals surface area contributed by atoms with Crippen LogP contribution in [-0.2, 0) is 6.54 Å². The molecule has 0 atom stereocenters. The van der Waals surface area contributed by atoms with Crippen LogP contribution in [0.3, 0.4) is 0 Å². The maximum absolute atomic E-state index is 6.17. The maximum Gasteiger partial charge on any atom is 0.0609 e. The standard InChI is InChI=1S/C20H18BrCl2N3/c1-13-10-15(14(2)26(13)20-9-4-3-6-17(20)21)11-24-25-12-16-18(22)7-5-8-19(16)23/h3-11,25H,12H2,1-2H3/b24-11-. The Balaban J connectivity index is 1.78. The van der Waals surface area contributed by atoms with E-state index in [-0.39, 0.29) is 0 Å². The van der Waals surface area contributed by atoms with Gasteiger partial charge in [-0.2, -0.15) is 5.10 Å². The number of hydrogen-bond donors (Lipinski definition) is 1. The highest BCUT2D eigenvalue weighted by atomic mass is 79.9. The minimum absolute atomic E-state index is 0.470. The van der Waals surface area contributed by atoms with Crippen LogP contribution in [-0.4, -0.2) is 10.8 Å². The third-order valence-electron chi connectivity index (χ3n) is 4.18. The second-order valence-corrected chi connectivity index (χ2v) is 7.58. The molecule has 134 valence electrons. The monoisotopic (exact) mass is 449 g/mol. The highest BCUT2D eigenvalue weighted by molar-refractivity contribution is 9.10. The fraction of sp³-hybridized carbons (Fsp3) is 0.150. The normalized spacial score (nSPS) is 11.3. The largest absolute Gasteiger partial charge is 0.317 e. The molecule has 6 heteroatoms. The number of hydrogen-bond acceptors (Lipinski definition) is 2. The van der Waals surface area contributed by atoms with E-state index in [1.165, 1.54) is 0 Å². The number of aromatic nitrogens is 1. The van der Waals surface area contributed by atoms with Crippen molar-refractivity contribution in [1.29, 1.82) is 0 Å². The number of nitrogens with zero attached hydrogens (tertiary/aromatic N) is 2. The van der Waals surface area contributed by atoms with Crippen molar-refractivity contribution in [3.05, 3.63) is 85.6 Å². The van der Waals surface area contributed by atoms with E-state index in [9.17, 15) is 0 Å². The summed E-state index contributed by atoms with van der Waals surface area (Å²) in [5, 5.41) is 5.60. The van der Waals surface area contributed by atoms with Gasteiger partial charge in [-0.3, -0.25) is 0 Å². The second-order valence-electron chi connectivity index (χ2n) is 5.91. The molecule has 1 N–H and O–H groups in total. The van der Waals surface area contributed by atoms with Crippen LogP contribution in [0, 0.1) is 13.8 Å². The number of rotatable bonds is 5. The molecule has 0 amide bonds. The van der Waals surface area contributed by atoms with E-state index in [2.05, 4.69) is 57.0 Å². The van der Waals surface area contributed by atoms with Gasteiger partial charge in [0, 0.05) is 37.0 Å². The van der Waals surface area contributed by atoms with E-state index in [1.807, 2.05) is 42.6 Å². The number of hydrazone groups is 1. The lowest BCUT2D eigenvalue weighted by Gasteiger charge is -2.11. The van der Waals surface area contributed by atoms with Crippen LogP contribution in [0.4, 0.5) is 0 Å². The predicted octanol–water partition coefficient (Wildman–Crippen LogP) is 6.29. The first-order valence-electron chi connectivity index (χ1n) is 8.11. The van der Waals surface area contributed by atoms with Crippen molar-refractivity contribution >= 4 is 45.3 Å². The lowest BCUT2D eigenvalue weighted by Crippen LogP contribution is -2.07. The van der Waals surface area contributed by atoms with Gasteiger partial charge in [0.05, 0.1) is 18.4 Å². The Hall–Kier alpha value is -1.75. The highest BCUT2D eigenvalue weighted by Crippen LogP contribution is 2.26. The topological polar surface area (TPSA) is 29.3 Å². The molecule has 1 heterocycles. The van der Waals surface area contributed by atoms with Crippen LogP contribution in [0.15, 0.2) is 58.1 Å². The van der Waals surface area contributed by atoms with E-state index in [4.69, 9.17) is 23.2 Å². The fourth-order valence-electron chi connectivity index (χ4n) is 2.86. The van der Waals surface area contributed by atoms with Crippen molar-refractivity contribution in [2.24, 2.45) is 5.10 Å². The summed E-state index contributed by atoms with van der Waals surface area (Å²) in [7, 11) is 0. The van der Waals surface area contributed by atoms with Crippen molar-refractivity contribution in [2.45, 2.75) is 20.4 Å². The summed E-state index contributed by atoms with van der Waals surface area (Å²) in [6.45, 7) is 4.64. The lowest BCUT2D eigenvalue weighted by molar-refractivity contribution is 0.748. The summed E-state index contributed by atoms with van der Waals surface area (Å²) in [5.41, 5.74) is 8.29. The summed E-state index contributed by atoms with van der Waals surface area (Å²) >= 11 is 16.0. The van der Waals surface area contributed by atoms with Crippen LogP contribution >= 0.6 is 39.1 Å². The molecule has 26 heavy (non-hydrogen) atoms. The van der Waals surface area contributed by atoms with Gasteiger partial charge in [0.2, 0.25) is 0 Å². The Morgan fingerprint density at radius 2 is 1.77 bits per heavy atom. The van der Waals surface area contributed by atoms with Gasteiger partial charge >= 0.3 is 0 Å². The lowest BCUT2D eigenvalue weighted by atomic mass is 10.2. The van der Waals surface area contributed by atoms with Gasteiger partial charge in [-0.05, 0) is 60.1 Å². The van der Waals surface area contributed by atoms with Crippen molar-refractivity contribution in [1.82, 2.24) is 9.99 Å². The van der Waals surface area contributed by atoms with Crippen LogP contribution in [0.25, 0.3) is 5.69 Å². The summed E-state index contributed by atoms with van der Waals surface area (Å²) in [4.78, 5) is 0. The molecule has 3 rings (SSSR count). The molecule has 0 saturated carbocycles. The number of nitrogens with one attached hydrogen (secondary N) is 1. The molecule has 0 unspecified atom stereocenters. The van der Waals surface area contributed by atoms with Gasteiger partial charge in [-0.15, -0.1) is 0 Å². The molecule has 2 aromatic carbocycles. The van der Waals surface area contributed by atoms with Crippen molar-refractivity contribution in [3.63, 3.8) is 0 Å². The third-order valence-corrected chi connectivity index (χ3v) is 5.55. The molecule has 0 spiro atoms. The molecule has 0 saturated heterocycles. The summed E-state index contributed by atoms with van der Waals surface area (Å²) < 4.78 is 3.26. The minimum Gasteiger partial charge on any atom is -0.317 e. The van der Waals surface area contributed by atoms with Crippen molar-refractivity contribution in [3.8, 4) is 5.69 Å². The molecule has 3 nitrogen and oxygen atoms in total. The van der Waals surface area contributed by atoms with Crippen LogP contribution in [0.1, 0.15) is 22.5 Å². The molecule has 1 aromatic heterocycles. The molecular formula is C20H18BrCl2N3. The first-order chi connectivity index (χ1) is 12.5. The van der Waals surface area contributed by atoms with Gasteiger partial charge in [0.25, 0.3) is 0 Å². The zero-order chi connectivity index (χ0) is 18.7. The Morgan fingerprint density at radius 3 is 2.46 bits per heavy atom. The third kappa shape index (κ3) is 3.98. The average molecular weight is 451 g/mol. The minimum atomic E-state index is 0.470. The zero-order valence-corrected chi connectivity index (χ0v) is 17.5. The Labute approximate surface area is 171 Å². The quantitative estimate of drug-likeness (QED) is 0.359. The Morgan fingerprint density at radius 1 is 1.08 bits per heavy atom. The SMILES string of the molecule is Cc1cc(/C=N\NCc2c(Cl)cccc2Cl)c(C)n1-c1ccccc1Br. The summed E-state index contributed by atoms with van der Waals surface area (Å²) in [5.74, 6) is 0. The molecular weight excluding hydrogens is 433 g/mol. The Bertz CT molecular complexity index is 943. The fourth-order valence-corrected chi connectivity index (χ4v) is 3.86. The van der Waals surface area contributed by atoms with E-state index < -0.39 is 0 Å². The first kappa shape index (κ1) is 19.0. The second kappa shape index (κ2) is 8.30. The number of halogens is 3.